The highest BCUT2D eigenvalue weighted by Crippen LogP contribution is 2.05. The Morgan fingerprint density at radius 2 is 2.11 bits per heavy atom. The number of carboxylic acids is 1. The van der Waals surface area contributed by atoms with Crippen LogP contribution in [0, 0.1) is 6.92 Å². The van der Waals surface area contributed by atoms with Gasteiger partial charge < -0.3 is 10.4 Å². The molecule has 1 rings (SSSR count). The lowest BCUT2D eigenvalue weighted by atomic mass is 10.1. The molecule has 0 saturated carbocycles. The van der Waals surface area contributed by atoms with E-state index in [4.69, 9.17) is 5.11 Å². The smallest absolute Gasteiger partial charge is 0.326 e. The summed E-state index contributed by atoms with van der Waals surface area (Å²) in [6, 6.07) is 6.85. The van der Waals surface area contributed by atoms with Crippen LogP contribution in [0.15, 0.2) is 24.3 Å². The first kappa shape index (κ1) is 14.2. The molecule has 0 fully saturated rings. The van der Waals surface area contributed by atoms with Crippen LogP contribution in [0.3, 0.4) is 0 Å². The van der Waals surface area contributed by atoms with Gasteiger partial charge in [-0.3, -0.25) is 4.79 Å². The van der Waals surface area contributed by atoms with E-state index in [9.17, 15) is 9.59 Å². The van der Waals surface area contributed by atoms with E-state index in [0.717, 1.165) is 17.5 Å². The third-order valence-corrected chi connectivity index (χ3v) is 2.66. The number of aliphatic carboxylic acids is 1. The minimum atomic E-state index is -0.977. The molecule has 0 aliphatic rings. The first-order valence-electron chi connectivity index (χ1n) is 6.10. The van der Waals surface area contributed by atoms with Gasteiger partial charge >= 0.3 is 5.97 Å². The number of amides is 1. The van der Waals surface area contributed by atoms with Crippen molar-refractivity contribution in [3.8, 4) is 0 Å². The number of carboxylic acid groups (broad SMARTS) is 1. The van der Waals surface area contributed by atoms with Crippen LogP contribution >= 0.6 is 0 Å². The molecule has 4 heteroatoms. The largest absolute Gasteiger partial charge is 0.480 e. The molecule has 18 heavy (non-hydrogen) atoms. The van der Waals surface area contributed by atoms with Gasteiger partial charge in [0.15, 0.2) is 0 Å². The van der Waals surface area contributed by atoms with Crippen LogP contribution in [0.25, 0.3) is 0 Å². The fraction of sp³-hybridized carbons (Fsp3) is 0.429. The van der Waals surface area contributed by atoms with Gasteiger partial charge in [-0.25, -0.2) is 4.79 Å². The molecular formula is C14H19NO3. The Labute approximate surface area is 107 Å². The van der Waals surface area contributed by atoms with Crippen molar-refractivity contribution in [3.63, 3.8) is 0 Å². The Morgan fingerprint density at radius 1 is 1.39 bits per heavy atom. The summed E-state index contributed by atoms with van der Waals surface area (Å²) in [7, 11) is 0. The minimum absolute atomic E-state index is 0.217. The Kier molecular flexibility index (Phi) is 5.36. The van der Waals surface area contributed by atoms with E-state index in [0.29, 0.717) is 6.42 Å². The molecule has 0 aliphatic heterocycles. The van der Waals surface area contributed by atoms with Gasteiger partial charge in [-0.05, 0) is 18.9 Å². The summed E-state index contributed by atoms with van der Waals surface area (Å²) in [5.41, 5.74) is 1.98. The van der Waals surface area contributed by atoms with Crippen molar-refractivity contribution in [1.82, 2.24) is 5.32 Å². The van der Waals surface area contributed by atoms with Crippen LogP contribution in [0.5, 0.6) is 0 Å². The van der Waals surface area contributed by atoms with Crippen molar-refractivity contribution in [2.24, 2.45) is 0 Å². The molecule has 1 atom stereocenters. The zero-order valence-corrected chi connectivity index (χ0v) is 10.8. The minimum Gasteiger partial charge on any atom is -0.480 e. The highest BCUT2D eigenvalue weighted by atomic mass is 16.4. The molecule has 0 radical (unpaired) electrons. The van der Waals surface area contributed by atoms with Gasteiger partial charge in [0.2, 0.25) is 5.91 Å². The predicted molar refractivity (Wildman–Crippen MR) is 69.4 cm³/mol. The van der Waals surface area contributed by atoms with Crippen molar-refractivity contribution in [3.05, 3.63) is 35.4 Å². The van der Waals surface area contributed by atoms with E-state index < -0.39 is 12.0 Å². The number of aryl methyl sites for hydroxylation is 1. The van der Waals surface area contributed by atoms with Gasteiger partial charge in [0.05, 0.1) is 6.42 Å². The lowest BCUT2D eigenvalue weighted by Crippen LogP contribution is -2.41. The van der Waals surface area contributed by atoms with Gasteiger partial charge in [0, 0.05) is 0 Å². The Hall–Kier alpha value is -1.84. The third-order valence-electron chi connectivity index (χ3n) is 2.66. The Balaban J connectivity index is 2.57. The summed E-state index contributed by atoms with van der Waals surface area (Å²) in [5, 5.41) is 11.5. The second-order valence-corrected chi connectivity index (χ2v) is 4.41. The van der Waals surface area contributed by atoms with Crippen LogP contribution in [0.1, 0.15) is 30.9 Å². The standard InChI is InChI=1S/C14H19NO3/c1-3-5-12(14(17)18)15-13(16)9-11-7-4-6-10(2)8-11/h4,6-8,12H,3,5,9H2,1-2H3,(H,15,16)(H,17,18)/t12-/m0/s1. The lowest BCUT2D eigenvalue weighted by molar-refractivity contribution is -0.141. The third kappa shape index (κ3) is 4.57. The maximum absolute atomic E-state index is 11.7. The van der Waals surface area contributed by atoms with Crippen LogP contribution in [-0.4, -0.2) is 23.0 Å². The summed E-state index contributed by atoms with van der Waals surface area (Å²) in [5.74, 6) is -1.23. The summed E-state index contributed by atoms with van der Waals surface area (Å²) in [6.45, 7) is 3.85. The quantitative estimate of drug-likeness (QED) is 0.809. The number of benzene rings is 1. The molecule has 0 aromatic heterocycles. The number of carbonyl (C=O) groups is 2. The van der Waals surface area contributed by atoms with Crippen LogP contribution in [0.2, 0.25) is 0 Å². The fourth-order valence-corrected chi connectivity index (χ4v) is 1.80. The van der Waals surface area contributed by atoms with Crippen LogP contribution in [-0.2, 0) is 16.0 Å². The summed E-state index contributed by atoms with van der Waals surface area (Å²) in [4.78, 5) is 22.7. The van der Waals surface area contributed by atoms with E-state index in [-0.39, 0.29) is 12.3 Å². The molecular weight excluding hydrogens is 230 g/mol. The molecule has 0 heterocycles. The molecule has 98 valence electrons. The number of nitrogens with one attached hydrogen (secondary N) is 1. The normalized spacial score (nSPS) is 11.9. The SMILES string of the molecule is CCC[C@H](NC(=O)Cc1cccc(C)c1)C(=O)O. The Morgan fingerprint density at radius 3 is 2.67 bits per heavy atom. The van der Waals surface area contributed by atoms with Gasteiger partial charge in [-0.1, -0.05) is 43.2 Å². The van der Waals surface area contributed by atoms with Gasteiger partial charge in [0.25, 0.3) is 0 Å². The predicted octanol–water partition coefficient (Wildman–Crippen LogP) is 1.91. The Bertz CT molecular complexity index is 429. The van der Waals surface area contributed by atoms with Crippen molar-refractivity contribution in [1.29, 1.82) is 0 Å². The molecule has 0 spiro atoms. The second-order valence-electron chi connectivity index (χ2n) is 4.41. The summed E-state index contributed by atoms with van der Waals surface area (Å²) < 4.78 is 0. The molecule has 2 N–H and O–H groups in total. The first-order valence-corrected chi connectivity index (χ1v) is 6.10. The fourth-order valence-electron chi connectivity index (χ4n) is 1.80. The topological polar surface area (TPSA) is 66.4 Å². The van der Waals surface area contributed by atoms with E-state index in [1.54, 1.807) is 0 Å². The molecule has 1 amide bonds. The average Bonchev–Trinajstić information content (AvgIpc) is 2.28. The maximum Gasteiger partial charge on any atom is 0.326 e. The molecule has 1 aromatic rings. The molecule has 1 aromatic carbocycles. The average molecular weight is 249 g/mol. The van der Waals surface area contributed by atoms with Gasteiger partial charge in [0.1, 0.15) is 6.04 Å². The molecule has 0 bridgehead atoms. The highest BCUT2D eigenvalue weighted by Gasteiger charge is 2.18. The van der Waals surface area contributed by atoms with Crippen LogP contribution in [0.4, 0.5) is 0 Å². The van der Waals surface area contributed by atoms with E-state index in [2.05, 4.69) is 5.32 Å². The van der Waals surface area contributed by atoms with Crippen molar-refractivity contribution >= 4 is 11.9 Å². The van der Waals surface area contributed by atoms with E-state index in [1.165, 1.54) is 0 Å². The summed E-state index contributed by atoms with van der Waals surface area (Å²) in [6.07, 6.45) is 1.39. The number of rotatable bonds is 6. The molecule has 0 saturated heterocycles. The molecule has 4 nitrogen and oxygen atoms in total. The lowest BCUT2D eigenvalue weighted by Gasteiger charge is -2.13. The highest BCUT2D eigenvalue weighted by molar-refractivity contribution is 5.84. The second kappa shape index (κ2) is 6.79. The maximum atomic E-state index is 11.7. The van der Waals surface area contributed by atoms with Gasteiger partial charge in [-0.15, -0.1) is 0 Å². The zero-order chi connectivity index (χ0) is 13.5. The van der Waals surface area contributed by atoms with E-state index >= 15 is 0 Å². The zero-order valence-electron chi connectivity index (χ0n) is 10.8. The van der Waals surface area contributed by atoms with E-state index in [1.807, 2.05) is 38.1 Å². The van der Waals surface area contributed by atoms with Crippen molar-refractivity contribution in [2.75, 3.05) is 0 Å². The van der Waals surface area contributed by atoms with Crippen molar-refractivity contribution in [2.45, 2.75) is 39.2 Å². The summed E-state index contributed by atoms with van der Waals surface area (Å²) >= 11 is 0. The van der Waals surface area contributed by atoms with Crippen molar-refractivity contribution < 1.29 is 14.7 Å². The number of carbonyl (C=O) groups excluding carboxylic acids is 1. The first-order chi connectivity index (χ1) is 8.52. The van der Waals surface area contributed by atoms with Crippen LogP contribution < -0.4 is 5.32 Å². The molecule has 0 aliphatic carbocycles. The number of hydrogen-bond donors (Lipinski definition) is 2. The molecule has 0 unspecified atom stereocenters. The number of hydrogen-bond acceptors (Lipinski definition) is 2. The van der Waals surface area contributed by atoms with Gasteiger partial charge in [-0.2, -0.15) is 0 Å². The monoisotopic (exact) mass is 249 g/mol.